The van der Waals surface area contributed by atoms with Crippen LogP contribution in [0.3, 0.4) is 0 Å². The van der Waals surface area contributed by atoms with Crippen LogP contribution in [0.15, 0.2) is 88.7 Å². The van der Waals surface area contributed by atoms with Crippen molar-refractivity contribution in [2.24, 2.45) is 0 Å². The lowest BCUT2D eigenvalue weighted by molar-refractivity contribution is 0.104. The molecule has 4 aromatic rings. The average molecular weight is 487 g/mol. The van der Waals surface area contributed by atoms with Crippen molar-refractivity contribution >= 4 is 54.9 Å². The lowest BCUT2D eigenvalue weighted by atomic mass is 10.1. The summed E-state index contributed by atoms with van der Waals surface area (Å²) in [5.41, 5.74) is 6.87. The maximum Gasteiger partial charge on any atom is 0.211 e. The monoisotopic (exact) mass is 486 g/mol. The summed E-state index contributed by atoms with van der Waals surface area (Å²) in [6.07, 6.45) is 0. The molecular weight excluding hydrogens is 471 g/mol. The molecule has 9 heteroatoms. The van der Waals surface area contributed by atoms with Crippen LogP contribution >= 0.6 is 22.9 Å². The van der Waals surface area contributed by atoms with Crippen LogP contribution in [0.5, 0.6) is 0 Å². The minimum Gasteiger partial charge on any atom is -0.396 e. The lowest BCUT2D eigenvalue weighted by Gasteiger charge is -2.09. The molecule has 0 aliphatic rings. The minimum atomic E-state index is -4.05. The van der Waals surface area contributed by atoms with Crippen LogP contribution in [0.1, 0.15) is 15.2 Å². The standard InChI is InChI=1S/C23H16ClFN2O3S2/c24-15-8-6-14(7-9-15)20(28)21-19(26)22(32(29,30)18-4-2-1-3-5-18)23(31-21)27-17-12-10-16(25)11-13-17/h1-13,27H,26H2. The molecule has 3 N–H and O–H groups in total. The number of anilines is 3. The van der Waals surface area contributed by atoms with Gasteiger partial charge >= 0.3 is 0 Å². The minimum absolute atomic E-state index is 0.0390. The Balaban J connectivity index is 1.87. The molecule has 0 amide bonds. The molecule has 0 radical (unpaired) electrons. The van der Waals surface area contributed by atoms with Gasteiger partial charge in [0.15, 0.2) is 0 Å². The highest BCUT2D eigenvalue weighted by Gasteiger charge is 2.31. The van der Waals surface area contributed by atoms with Gasteiger partial charge in [-0.15, -0.1) is 11.3 Å². The number of rotatable bonds is 6. The first-order valence-corrected chi connectivity index (χ1v) is 12.0. The van der Waals surface area contributed by atoms with Crippen molar-refractivity contribution in [2.45, 2.75) is 9.79 Å². The number of nitrogens with two attached hydrogens (primary N) is 1. The van der Waals surface area contributed by atoms with Crippen LogP contribution in [0.25, 0.3) is 0 Å². The molecule has 0 spiro atoms. The number of nitrogen functional groups attached to an aromatic ring is 1. The molecule has 0 fully saturated rings. The number of carbonyl (C=O) groups is 1. The first-order chi connectivity index (χ1) is 15.3. The highest BCUT2D eigenvalue weighted by Crippen LogP contribution is 2.44. The van der Waals surface area contributed by atoms with Crippen molar-refractivity contribution in [3.63, 3.8) is 0 Å². The Kier molecular flexibility index (Phi) is 6.01. The van der Waals surface area contributed by atoms with E-state index in [4.69, 9.17) is 17.3 Å². The normalized spacial score (nSPS) is 11.3. The van der Waals surface area contributed by atoms with Crippen molar-refractivity contribution in [1.82, 2.24) is 0 Å². The van der Waals surface area contributed by atoms with Gasteiger partial charge in [-0.05, 0) is 60.7 Å². The fourth-order valence-corrected chi connectivity index (χ4v) is 6.14. The fraction of sp³-hybridized carbons (Fsp3) is 0. The highest BCUT2D eigenvalue weighted by atomic mass is 35.5. The van der Waals surface area contributed by atoms with E-state index in [-0.39, 0.29) is 25.4 Å². The molecule has 5 nitrogen and oxygen atoms in total. The predicted octanol–water partition coefficient (Wildman–Crippen LogP) is 5.93. The molecule has 0 atom stereocenters. The van der Waals surface area contributed by atoms with Gasteiger partial charge in [0.05, 0.1) is 10.6 Å². The number of carbonyl (C=O) groups excluding carboxylic acids is 1. The van der Waals surface area contributed by atoms with Crippen LogP contribution in [0.4, 0.5) is 20.8 Å². The molecule has 0 saturated heterocycles. The first-order valence-electron chi connectivity index (χ1n) is 9.32. The van der Waals surface area contributed by atoms with Gasteiger partial charge in [0.25, 0.3) is 0 Å². The molecule has 1 heterocycles. The molecule has 3 aromatic carbocycles. The Bertz CT molecular complexity index is 1390. The summed E-state index contributed by atoms with van der Waals surface area (Å²) in [4.78, 5) is 13.0. The van der Waals surface area contributed by atoms with Gasteiger partial charge in [0, 0.05) is 16.3 Å². The fourth-order valence-electron chi connectivity index (χ4n) is 3.06. The zero-order valence-corrected chi connectivity index (χ0v) is 18.8. The molecule has 32 heavy (non-hydrogen) atoms. The number of hydrogen-bond acceptors (Lipinski definition) is 6. The Morgan fingerprint density at radius 2 is 1.56 bits per heavy atom. The second kappa shape index (κ2) is 8.74. The zero-order valence-electron chi connectivity index (χ0n) is 16.4. The molecule has 0 aliphatic heterocycles. The Morgan fingerprint density at radius 3 is 2.19 bits per heavy atom. The van der Waals surface area contributed by atoms with Crippen molar-refractivity contribution in [2.75, 3.05) is 11.1 Å². The van der Waals surface area contributed by atoms with Crippen molar-refractivity contribution in [1.29, 1.82) is 0 Å². The SMILES string of the molecule is Nc1c(C(=O)c2ccc(Cl)cc2)sc(Nc2ccc(F)cc2)c1S(=O)(=O)c1ccccc1. The summed E-state index contributed by atoms with van der Waals surface area (Å²) in [6, 6.07) is 19.4. The molecule has 0 bridgehead atoms. The summed E-state index contributed by atoms with van der Waals surface area (Å²) in [5, 5.41) is 3.60. The number of thiophene rings is 1. The summed E-state index contributed by atoms with van der Waals surface area (Å²) in [5.74, 6) is -0.863. The second-order valence-corrected chi connectivity index (χ2v) is 10.1. The summed E-state index contributed by atoms with van der Waals surface area (Å²) < 4.78 is 40.2. The molecule has 162 valence electrons. The van der Waals surface area contributed by atoms with Gasteiger partial charge in [0.2, 0.25) is 15.6 Å². The predicted molar refractivity (Wildman–Crippen MR) is 125 cm³/mol. The quantitative estimate of drug-likeness (QED) is 0.330. The van der Waals surface area contributed by atoms with E-state index in [2.05, 4.69) is 5.32 Å². The van der Waals surface area contributed by atoms with Crippen LogP contribution < -0.4 is 11.1 Å². The first kappa shape index (κ1) is 22.0. The summed E-state index contributed by atoms with van der Waals surface area (Å²) >= 11 is 6.82. The van der Waals surface area contributed by atoms with Crippen molar-refractivity contribution in [3.8, 4) is 0 Å². The Labute approximate surface area is 193 Å². The number of sulfone groups is 1. The average Bonchev–Trinajstić information content (AvgIpc) is 3.12. The highest BCUT2D eigenvalue weighted by molar-refractivity contribution is 7.92. The van der Waals surface area contributed by atoms with Crippen LogP contribution in [-0.4, -0.2) is 14.2 Å². The van der Waals surface area contributed by atoms with Gasteiger partial charge < -0.3 is 11.1 Å². The largest absolute Gasteiger partial charge is 0.396 e. The van der Waals surface area contributed by atoms with Crippen molar-refractivity contribution in [3.05, 3.63) is 100 Å². The van der Waals surface area contributed by atoms with E-state index in [1.54, 1.807) is 42.5 Å². The molecule has 4 rings (SSSR count). The Hall–Kier alpha value is -3.20. The Morgan fingerprint density at radius 1 is 0.938 bits per heavy atom. The summed E-state index contributed by atoms with van der Waals surface area (Å²) in [6.45, 7) is 0. The molecule has 0 saturated carbocycles. The van der Waals surface area contributed by atoms with Crippen LogP contribution in [0.2, 0.25) is 5.02 Å². The van der Waals surface area contributed by atoms with Crippen molar-refractivity contribution < 1.29 is 17.6 Å². The van der Waals surface area contributed by atoms with Gasteiger partial charge in [-0.25, -0.2) is 12.8 Å². The third kappa shape index (κ3) is 4.25. The topological polar surface area (TPSA) is 89.3 Å². The maximum atomic E-state index is 13.4. The van der Waals surface area contributed by atoms with E-state index in [0.29, 0.717) is 16.3 Å². The number of nitrogens with one attached hydrogen (secondary N) is 1. The van der Waals surface area contributed by atoms with E-state index in [1.165, 1.54) is 36.4 Å². The zero-order chi connectivity index (χ0) is 22.9. The van der Waals surface area contributed by atoms with Gasteiger partial charge in [-0.3, -0.25) is 4.79 Å². The lowest BCUT2D eigenvalue weighted by Crippen LogP contribution is -2.08. The van der Waals surface area contributed by atoms with E-state index < -0.39 is 21.4 Å². The van der Waals surface area contributed by atoms with E-state index >= 15 is 0 Å². The molecule has 0 aliphatic carbocycles. The van der Waals surface area contributed by atoms with Crippen LogP contribution in [0, 0.1) is 5.82 Å². The molecule has 1 aromatic heterocycles. The second-order valence-electron chi connectivity index (χ2n) is 6.79. The number of ketones is 1. The summed E-state index contributed by atoms with van der Waals surface area (Å²) in [7, 11) is -4.05. The number of hydrogen-bond donors (Lipinski definition) is 2. The third-order valence-corrected chi connectivity index (χ3v) is 7.99. The van der Waals surface area contributed by atoms with E-state index in [0.717, 1.165) is 11.3 Å². The third-order valence-electron chi connectivity index (χ3n) is 4.64. The molecular formula is C23H16ClFN2O3S2. The van der Waals surface area contributed by atoms with Gasteiger partial charge in [-0.2, -0.15) is 0 Å². The molecule has 0 unspecified atom stereocenters. The number of benzene rings is 3. The smallest absolute Gasteiger partial charge is 0.211 e. The van der Waals surface area contributed by atoms with E-state index in [9.17, 15) is 17.6 Å². The van der Waals surface area contributed by atoms with E-state index in [1.807, 2.05) is 0 Å². The van der Waals surface area contributed by atoms with Gasteiger partial charge in [-0.1, -0.05) is 29.8 Å². The van der Waals surface area contributed by atoms with Crippen LogP contribution in [-0.2, 0) is 9.84 Å². The maximum absolute atomic E-state index is 13.4. The number of halogens is 2. The van der Waals surface area contributed by atoms with Gasteiger partial charge in [0.1, 0.15) is 20.6 Å².